The molecular formula is C23H22ClFN4O2. The molecule has 0 bridgehead atoms. The first-order chi connectivity index (χ1) is 14.5. The van der Waals surface area contributed by atoms with E-state index in [4.69, 9.17) is 5.11 Å². The molecule has 0 aliphatic carbocycles. The molecule has 0 saturated carbocycles. The van der Waals surface area contributed by atoms with Crippen LogP contribution in [0.1, 0.15) is 16.7 Å². The molecule has 2 aromatic heterocycles. The number of hydrogen-bond donors (Lipinski definition) is 2. The Balaban J connectivity index is 0.00000272. The third-order valence-electron chi connectivity index (χ3n) is 4.94. The first-order valence-electron chi connectivity index (χ1n) is 9.60. The molecule has 160 valence electrons. The molecule has 0 spiro atoms. The Kier molecular flexibility index (Phi) is 6.99. The second-order valence-corrected chi connectivity index (χ2v) is 7.11. The molecule has 2 N–H and O–H groups in total. The molecule has 4 rings (SSSR count). The van der Waals surface area contributed by atoms with Crippen LogP contribution < -0.4 is 10.9 Å². The molecule has 0 fully saturated rings. The Labute approximate surface area is 184 Å². The highest BCUT2D eigenvalue weighted by atomic mass is 35.5. The number of nitrogens with zero attached hydrogens (tertiary/aromatic N) is 3. The number of aromatic nitrogens is 3. The maximum Gasteiger partial charge on any atom is 0.255 e. The van der Waals surface area contributed by atoms with Gasteiger partial charge in [-0.3, -0.25) is 9.36 Å². The molecule has 0 amide bonds. The van der Waals surface area contributed by atoms with Gasteiger partial charge in [-0.15, -0.1) is 12.4 Å². The fourth-order valence-corrected chi connectivity index (χ4v) is 3.34. The summed E-state index contributed by atoms with van der Waals surface area (Å²) in [6.07, 6.45) is 2.69. The van der Waals surface area contributed by atoms with Crippen molar-refractivity contribution in [2.24, 2.45) is 7.05 Å². The Bertz CT molecular complexity index is 1240. The SMILES string of the molecule is Cl.Cn1c(=O)c(Cc2ccc(F)cc2)cc2cnc(Nc3ccc(CCO)cc3)nc21. The van der Waals surface area contributed by atoms with E-state index >= 15 is 0 Å². The van der Waals surface area contributed by atoms with E-state index < -0.39 is 0 Å². The van der Waals surface area contributed by atoms with Gasteiger partial charge >= 0.3 is 0 Å². The quantitative estimate of drug-likeness (QED) is 0.477. The van der Waals surface area contributed by atoms with E-state index in [1.807, 2.05) is 24.3 Å². The van der Waals surface area contributed by atoms with Crippen molar-refractivity contribution < 1.29 is 9.50 Å². The van der Waals surface area contributed by atoms with E-state index in [-0.39, 0.29) is 30.4 Å². The Morgan fingerprint density at radius 3 is 2.42 bits per heavy atom. The van der Waals surface area contributed by atoms with Gasteiger partial charge in [0.15, 0.2) is 0 Å². The summed E-state index contributed by atoms with van der Waals surface area (Å²) in [6.45, 7) is 0.109. The van der Waals surface area contributed by atoms with Crippen LogP contribution in [0.2, 0.25) is 0 Å². The van der Waals surface area contributed by atoms with Gasteiger partial charge in [-0.25, -0.2) is 9.37 Å². The summed E-state index contributed by atoms with van der Waals surface area (Å²) >= 11 is 0. The van der Waals surface area contributed by atoms with E-state index in [1.165, 1.54) is 16.7 Å². The number of benzene rings is 2. The van der Waals surface area contributed by atoms with Gasteiger partial charge in [-0.2, -0.15) is 4.98 Å². The Morgan fingerprint density at radius 1 is 1.06 bits per heavy atom. The van der Waals surface area contributed by atoms with Gasteiger partial charge in [0.1, 0.15) is 11.5 Å². The number of rotatable bonds is 6. The van der Waals surface area contributed by atoms with Crippen LogP contribution in [0.4, 0.5) is 16.0 Å². The zero-order valence-electron chi connectivity index (χ0n) is 16.9. The molecule has 2 aromatic carbocycles. The molecule has 6 nitrogen and oxygen atoms in total. The van der Waals surface area contributed by atoms with Crippen molar-refractivity contribution in [3.8, 4) is 0 Å². The van der Waals surface area contributed by atoms with E-state index in [0.29, 0.717) is 30.0 Å². The number of fused-ring (bicyclic) bond motifs is 1. The van der Waals surface area contributed by atoms with E-state index in [0.717, 1.165) is 22.2 Å². The fourth-order valence-electron chi connectivity index (χ4n) is 3.34. The number of aliphatic hydroxyl groups excluding tert-OH is 1. The number of aryl methyl sites for hydroxylation is 1. The number of nitrogens with one attached hydrogen (secondary N) is 1. The van der Waals surface area contributed by atoms with Crippen LogP contribution in [0.15, 0.2) is 65.6 Å². The summed E-state index contributed by atoms with van der Waals surface area (Å²) in [4.78, 5) is 21.7. The van der Waals surface area contributed by atoms with Gasteiger partial charge < -0.3 is 10.4 Å². The highest BCUT2D eigenvalue weighted by Crippen LogP contribution is 2.18. The third-order valence-corrected chi connectivity index (χ3v) is 4.94. The topological polar surface area (TPSA) is 80.0 Å². The lowest BCUT2D eigenvalue weighted by molar-refractivity contribution is 0.299. The summed E-state index contributed by atoms with van der Waals surface area (Å²) in [5.41, 5.74) is 3.69. The molecule has 0 unspecified atom stereocenters. The molecule has 0 saturated heterocycles. The number of halogens is 2. The molecule has 0 radical (unpaired) electrons. The molecular weight excluding hydrogens is 419 g/mol. The van der Waals surface area contributed by atoms with Crippen LogP contribution >= 0.6 is 12.4 Å². The lowest BCUT2D eigenvalue weighted by Gasteiger charge is -2.10. The lowest BCUT2D eigenvalue weighted by atomic mass is 10.1. The minimum absolute atomic E-state index is 0. The predicted octanol–water partition coefficient (Wildman–Crippen LogP) is 3.76. The first kappa shape index (κ1) is 22.4. The van der Waals surface area contributed by atoms with Crippen LogP contribution in [0.25, 0.3) is 11.0 Å². The van der Waals surface area contributed by atoms with Crippen molar-refractivity contribution in [3.63, 3.8) is 0 Å². The number of pyridine rings is 1. The molecule has 4 aromatic rings. The van der Waals surface area contributed by atoms with E-state index in [1.54, 1.807) is 31.4 Å². The largest absolute Gasteiger partial charge is 0.396 e. The van der Waals surface area contributed by atoms with Crippen molar-refractivity contribution in [2.75, 3.05) is 11.9 Å². The normalized spacial score (nSPS) is 10.7. The summed E-state index contributed by atoms with van der Waals surface area (Å²) in [5, 5.41) is 12.9. The maximum absolute atomic E-state index is 13.1. The van der Waals surface area contributed by atoms with Gasteiger partial charge in [-0.05, 0) is 47.9 Å². The summed E-state index contributed by atoms with van der Waals surface area (Å²) in [5.74, 6) is 0.0836. The van der Waals surface area contributed by atoms with Crippen LogP contribution in [-0.2, 0) is 19.9 Å². The average molecular weight is 441 g/mol. The molecule has 8 heteroatoms. The summed E-state index contributed by atoms with van der Waals surface area (Å²) < 4.78 is 14.6. The van der Waals surface area contributed by atoms with Crippen molar-refractivity contribution in [3.05, 3.63) is 93.7 Å². The van der Waals surface area contributed by atoms with Gasteiger partial charge in [0.2, 0.25) is 5.95 Å². The number of aliphatic hydroxyl groups is 1. The van der Waals surface area contributed by atoms with Crippen LogP contribution in [0, 0.1) is 5.82 Å². The Morgan fingerprint density at radius 2 is 1.74 bits per heavy atom. The van der Waals surface area contributed by atoms with Gasteiger partial charge in [0, 0.05) is 42.9 Å². The first-order valence-corrected chi connectivity index (χ1v) is 9.60. The number of anilines is 2. The zero-order chi connectivity index (χ0) is 21.1. The van der Waals surface area contributed by atoms with Crippen LogP contribution in [0.3, 0.4) is 0 Å². The van der Waals surface area contributed by atoms with E-state index in [2.05, 4.69) is 15.3 Å². The van der Waals surface area contributed by atoms with Crippen LogP contribution in [-0.4, -0.2) is 26.2 Å². The zero-order valence-corrected chi connectivity index (χ0v) is 17.7. The smallest absolute Gasteiger partial charge is 0.255 e. The second-order valence-electron chi connectivity index (χ2n) is 7.11. The monoisotopic (exact) mass is 440 g/mol. The lowest BCUT2D eigenvalue weighted by Crippen LogP contribution is -2.22. The predicted molar refractivity (Wildman–Crippen MR) is 122 cm³/mol. The van der Waals surface area contributed by atoms with Crippen molar-refractivity contribution in [2.45, 2.75) is 12.8 Å². The summed E-state index contributed by atoms with van der Waals surface area (Å²) in [7, 11) is 1.68. The molecule has 0 aliphatic heterocycles. The minimum atomic E-state index is -0.304. The third kappa shape index (κ3) is 5.07. The minimum Gasteiger partial charge on any atom is -0.396 e. The fraction of sp³-hybridized carbons (Fsp3) is 0.174. The van der Waals surface area contributed by atoms with Crippen molar-refractivity contribution in [1.82, 2.24) is 14.5 Å². The van der Waals surface area contributed by atoms with Gasteiger partial charge in [0.25, 0.3) is 5.56 Å². The van der Waals surface area contributed by atoms with Crippen molar-refractivity contribution >= 4 is 35.1 Å². The molecule has 31 heavy (non-hydrogen) atoms. The average Bonchev–Trinajstić information content (AvgIpc) is 2.75. The molecule has 2 heterocycles. The Hall–Kier alpha value is -3.29. The maximum atomic E-state index is 13.1. The molecule has 0 atom stereocenters. The van der Waals surface area contributed by atoms with Gasteiger partial charge in [0.05, 0.1) is 0 Å². The molecule has 0 aliphatic rings. The van der Waals surface area contributed by atoms with Crippen molar-refractivity contribution in [1.29, 1.82) is 0 Å². The highest BCUT2D eigenvalue weighted by molar-refractivity contribution is 5.85. The van der Waals surface area contributed by atoms with Crippen LogP contribution in [0.5, 0.6) is 0 Å². The van der Waals surface area contributed by atoms with Gasteiger partial charge in [-0.1, -0.05) is 24.3 Å². The number of hydrogen-bond acceptors (Lipinski definition) is 5. The second kappa shape index (κ2) is 9.68. The highest BCUT2D eigenvalue weighted by Gasteiger charge is 2.11. The van der Waals surface area contributed by atoms with E-state index in [9.17, 15) is 9.18 Å². The summed E-state index contributed by atoms with van der Waals surface area (Å²) in [6, 6.07) is 15.6. The standard InChI is InChI=1S/C23H21FN4O2.ClH/c1-28-21-18(13-17(22(28)30)12-16-2-6-19(24)7-3-16)14-25-23(27-21)26-20-8-4-15(5-9-20)10-11-29;/h2-9,13-14,29H,10-12H2,1H3,(H,25,26,27);1H.